The van der Waals surface area contributed by atoms with Gasteiger partial charge in [-0.1, -0.05) is 18.5 Å². The van der Waals surface area contributed by atoms with Crippen LogP contribution in [0.4, 0.5) is 13.2 Å². The third-order valence-electron chi connectivity index (χ3n) is 3.28. The van der Waals surface area contributed by atoms with Gasteiger partial charge in [-0.05, 0) is 36.1 Å². The van der Waals surface area contributed by atoms with Crippen molar-refractivity contribution in [3.05, 3.63) is 28.3 Å². The average molecular weight is 309 g/mol. The first kappa shape index (κ1) is 15.0. The van der Waals surface area contributed by atoms with Crippen LogP contribution in [0, 0.1) is 5.92 Å². The summed E-state index contributed by atoms with van der Waals surface area (Å²) in [6, 6.07) is 2.99. The summed E-state index contributed by atoms with van der Waals surface area (Å²) in [5, 5.41) is 9.34. The predicted octanol–water partition coefficient (Wildman–Crippen LogP) is 3.47. The molecule has 3 nitrogen and oxygen atoms in total. The van der Waals surface area contributed by atoms with Crippen LogP contribution in [0.25, 0.3) is 0 Å². The highest BCUT2D eigenvalue weighted by Crippen LogP contribution is 2.41. The molecule has 1 aliphatic rings. The number of aliphatic carboxylic acids is 1. The van der Waals surface area contributed by atoms with E-state index in [0.717, 1.165) is 0 Å². The molecule has 7 heteroatoms. The molecule has 0 spiro atoms. The molecule has 0 radical (unpaired) electrons. The smallest absolute Gasteiger partial charge is 0.426 e. The molecular weight excluding hydrogens is 297 g/mol. The van der Waals surface area contributed by atoms with Gasteiger partial charge in [0.15, 0.2) is 0 Å². The lowest BCUT2D eigenvalue weighted by Gasteiger charge is -2.33. The lowest BCUT2D eigenvalue weighted by atomic mass is 9.88. The first-order valence-electron chi connectivity index (χ1n) is 6.01. The van der Waals surface area contributed by atoms with Crippen molar-refractivity contribution in [3.8, 4) is 5.75 Å². The Morgan fingerprint density at radius 1 is 1.50 bits per heavy atom. The molecule has 1 aromatic carbocycles. The van der Waals surface area contributed by atoms with Crippen molar-refractivity contribution in [2.24, 2.45) is 5.92 Å². The summed E-state index contributed by atoms with van der Waals surface area (Å²) in [7, 11) is 0. The van der Waals surface area contributed by atoms with E-state index in [2.05, 4.69) is 0 Å². The number of carboxylic acids is 1. The fourth-order valence-corrected chi connectivity index (χ4v) is 2.61. The lowest BCUT2D eigenvalue weighted by Crippen LogP contribution is -2.47. The van der Waals surface area contributed by atoms with E-state index >= 15 is 0 Å². The summed E-state index contributed by atoms with van der Waals surface area (Å²) in [5.74, 6) is -3.08. The lowest BCUT2D eigenvalue weighted by molar-refractivity contribution is -0.217. The fourth-order valence-electron chi connectivity index (χ4n) is 2.34. The maximum absolute atomic E-state index is 12.9. The van der Waals surface area contributed by atoms with E-state index in [1.165, 1.54) is 12.1 Å². The van der Waals surface area contributed by atoms with Gasteiger partial charge in [0.2, 0.25) is 6.10 Å². The first-order valence-corrected chi connectivity index (χ1v) is 6.39. The first-order chi connectivity index (χ1) is 9.24. The quantitative estimate of drug-likeness (QED) is 0.910. The average Bonchev–Trinajstić information content (AvgIpc) is 2.34. The minimum Gasteiger partial charge on any atom is -0.481 e. The van der Waals surface area contributed by atoms with Crippen molar-refractivity contribution < 1.29 is 27.8 Å². The topological polar surface area (TPSA) is 46.5 Å². The van der Waals surface area contributed by atoms with Crippen LogP contribution in [-0.4, -0.2) is 23.4 Å². The van der Waals surface area contributed by atoms with Crippen LogP contribution in [-0.2, 0) is 17.6 Å². The van der Waals surface area contributed by atoms with Crippen molar-refractivity contribution in [3.63, 3.8) is 0 Å². The molecule has 2 atom stereocenters. The Hall–Kier alpha value is -1.43. The van der Waals surface area contributed by atoms with E-state index in [0.29, 0.717) is 22.6 Å². The van der Waals surface area contributed by atoms with Crippen molar-refractivity contribution >= 4 is 17.6 Å². The summed E-state index contributed by atoms with van der Waals surface area (Å²) < 4.78 is 43.8. The van der Waals surface area contributed by atoms with E-state index in [4.69, 9.17) is 21.4 Å². The number of benzene rings is 1. The molecule has 0 aliphatic carbocycles. The van der Waals surface area contributed by atoms with Gasteiger partial charge in [-0.15, -0.1) is 0 Å². The number of hydrogen-bond acceptors (Lipinski definition) is 2. The molecule has 0 aromatic heterocycles. The number of halogens is 4. The SMILES string of the molecule is CCc1cc(Cl)cc2c1O[C@H](C(F)(F)F)[C@H](C(=O)O)C2. The molecule has 0 amide bonds. The van der Waals surface area contributed by atoms with Crippen molar-refractivity contribution in [1.29, 1.82) is 0 Å². The number of rotatable bonds is 2. The van der Waals surface area contributed by atoms with Crippen LogP contribution in [0.2, 0.25) is 5.02 Å². The van der Waals surface area contributed by atoms with Crippen LogP contribution in [0.15, 0.2) is 12.1 Å². The van der Waals surface area contributed by atoms with Gasteiger partial charge in [0.25, 0.3) is 0 Å². The van der Waals surface area contributed by atoms with Crippen LogP contribution in [0.1, 0.15) is 18.1 Å². The zero-order valence-corrected chi connectivity index (χ0v) is 11.3. The number of ether oxygens (including phenoxy) is 1. The summed E-state index contributed by atoms with van der Waals surface area (Å²) in [6.07, 6.45) is -6.86. The van der Waals surface area contributed by atoms with Crippen LogP contribution < -0.4 is 4.74 Å². The highest BCUT2D eigenvalue weighted by atomic mass is 35.5. The van der Waals surface area contributed by atoms with Crippen LogP contribution in [0.5, 0.6) is 5.75 Å². The minimum absolute atomic E-state index is 0.108. The number of aryl methyl sites for hydroxylation is 1. The molecule has 0 unspecified atom stereocenters. The Morgan fingerprint density at radius 3 is 2.65 bits per heavy atom. The monoisotopic (exact) mass is 308 g/mol. The third-order valence-corrected chi connectivity index (χ3v) is 3.50. The zero-order valence-electron chi connectivity index (χ0n) is 10.5. The van der Waals surface area contributed by atoms with Crippen LogP contribution in [0.3, 0.4) is 0 Å². The normalized spacial score (nSPS) is 22.1. The summed E-state index contributed by atoms with van der Waals surface area (Å²) >= 11 is 5.89. The highest BCUT2D eigenvalue weighted by molar-refractivity contribution is 6.30. The third kappa shape index (κ3) is 2.70. The summed E-state index contributed by atoms with van der Waals surface area (Å²) in [5.41, 5.74) is 0.952. The Balaban J connectivity index is 2.50. The standard InChI is InChI=1S/C13H12ClF3O3/c1-2-6-3-8(14)4-7-5-9(12(18)19)11(13(15,16)17)20-10(6)7/h3-4,9,11H,2,5H2,1H3,(H,18,19)/t9-,11+/m1/s1. The molecule has 0 saturated heterocycles. The minimum atomic E-state index is -4.73. The molecule has 0 saturated carbocycles. The molecule has 1 aliphatic heterocycles. The second kappa shape index (κ2) is 5.16. The van der Waals surface area contributed by atoms with Gasteiger partial charge >= 0.3 is 12.1 Å². The van der Waals surface area contributed by atoms with Gasteiger partial charge in [-0.3, -0.25) is 4.79 Å². The van der Waals surface area contributed by atoms with Crippen molar-refractivity contribution in [1.82, 2.24) is 0 Å². The van der Waals surface area contributed by atoms with E-state index < -0.39 is 24.2 Å². The van der Waals surface area contributed by atoms with Crippen molar-refractivity contribution in [2.75, 3.05) is 0 Å². The predicted molar refractivity (Wildman–Crippen MR) is 66.1 cm³/mol. The van der Waals surface area contributed by atoms with Gasteiger partial charge in [0, 0.05) is 5.02 Å². The van der Waals surface area contributed by atoms with Crippen molar-refractivity contribution in [2.45, 2.75) is 32.0 Å². The van der Waals surface area contributed by atoms with Gasteiger partial charge in [0.05, 0.1) is 0 Å². The number of hydrogen-bond donors (Lipinski definition) is 1. The molecule has 0 fully saturated rings. The molecule has 0 bridgehead atoms. The number of carboxylic acid groups (broad SMARTS) is 1. The molecular formula is C13H12ClF3O3. The molecule has 20 heavy (non-hydrogen) atoms. The summed E-state index contributed by atoms with van der Waals surface area (Å²) in [4.78, 5) is 11.0. The Bertz CT molecular complexity index is 542. The maximum Gasteiger partial charge on any atom is 0.426 e. The Kier molecular flexibility index (Phi) is 3.86. The van der Waals surface area contributed by atoms with E-state index in [1.54, 1.807) is 6.92 Å². The van der Waals surface area contributed by atoms with Gasteiger partial charge in [-0.25, -0.2) is 0 Å². The zero-order chi connectivity index (χ0) is 15.1. The van der Waals surface area contributed by atoms with Gasteiger partial charge in [0.1, 0.15) is 11.7 Å². The maximum atomic E-state index is 12.9. The van der Waals surface area contributed by atoms with Gasteiger partial charge in [-0.2, -0.15) is 13.2 Å². The van der Waals surface area contributed by atoms with Crippen LogP contribution >= 0.6 is 11.6 Å². The van der Waals surface area contributed by atoms with E-state index in [1.807, 2.05) is 0 Å². The summed E-state index contributed by atoms with van der Waals surface area (Å²) in [6.45, 7) is 1.77. The Labute approximate surface area is 118 Å². The Morgan fingerprint density at radius 2 is 2.15 bits per heavy atom. The van der Waals surface area contributed by atoms with E-state index in [9.17, 15) is 18.0 Å². The second-order valence-electron chi connectivity index (χ2n) is 4.64. The molecule has 1 N–H and O–H groups in total. The largest absolute Gasteiger partial charge is 0.481 e. The fraction of sp³-hybridized carbons (Fsp3) is 0.462. The molecule has 2 rings (SSSR count). The number of alkyl halides is 3. The number of carbonyl (C=O) groups is 1. The molecule has 1 heterocycles. The highest BCUT2D eigenvalue weighted by Gasteiger charge is 2.52. The van der Waals surface area contributed by atoms with E-state index in [-0.39, 0.29) is 12.2 Å². The number of fused-ring (bicyclic) bond motifs is 1. The molecule has 110 valence electrons. The van der Waals surface area contributed by atoms with Gasteiger partial charge < -0.3 is 9.84 Å². The molecule has 1 aromatic rings. The second-order valence-corrected chi connectivity index (χ2v) is 5.07.